The molecule has 2 N–H and O–H groups in total. The lowest BCUT2D eigenvalue weighted by molar-refractivity contribution is -0.137. The molecule has 158 valence electrons. The van der Waals surface area contributed by atoms with Crippen molar-refractivity contribution in [3.05, 3.63) is 36.2 Å². The molecule has 0 spiro atoms. The number of aryl methyl sites for hydroxylation is 1. The Balaban J connectivity index is 1.69. The largest absolute Gasteiger partial charge is 0.465 e. The predicted molar refractivity (Wildman–Crippen MR) is 103 cm³/mol. The molecule has 1 saturated heterocycles. The molecule has 1 aliphatic rings. The van der Waals surface area contributed by atoms with Gasteiger partial charge >= 0.3 is 12.3 Å². The Morgan fingerprint density at radius 3 is 2.60 bits per heavy atom. The summed E-state index contributed by atoms with van der Waals surface area (Å²) >= 11 is 0. The van der Waals surface area contributed by atoms with Crippen molar-refractivity contribution in [1.29, 1.82) is 0 Å². The van der Waals surface area contributed by atoms with E-state index in [0.29, 0.717) is 54.4 Å². The van der Waals surface area contributed by atoms with Crippen LogP contribution >= 0.6 is 0 Å². The van der Waals surface area contributed by atoms with Crippen molar-refractivity contribution in [1.82, 2.24) is 24.4 Å². The number of alkyl halides is 3. The zero-order valence-corrected chi connectivity index (χ0v) is 16.0. The third kappa shape index (κ3) is 3.62. The van der Waals surface area contributed by atoms with E-state index in [4.69, 9.17) is 5.11 Å². The Morgan fingerprint density at radius 1 is 1.27 bits per heavy atom. The van der Waals surface area contributed by atoms with Crippen LogP contribution in [0.25, 0.3) is 22.6 Å². The first kappa shape index (κ1) is 19.9. The number of carbonyl (C=O) groups is 1. The SMILES string of the molecule is CCn1c(-c2ccc(C(F)(F)F)cc2)nc2c(N[C@H]3CCN(C(=O)O)C3)ncnc21. The molecule has 3 heterocycles. The van der Waals surface area contributed by atoms with Crippen LogP contribution in [0, 0.1) is 0 Å². The quantitative estimate of drug-likeness (QED) is 0.668. The van der Waals surface area contributed by atoms with Gasteiger partial charge in [-0.25, -0.2) is 19.7 Å². The number of likely N-dealkylation sites (tertiary alicyclic amines) is 1. The molecule has 2 aromatic heterocycles. The normalized spacial score (nSPS) is 16.9. The van der Waals surface area contributed by atoms with Crippen molar-refractivity contribution < 1.29 is 23.1 Å². The minimum Gasteiger partial charge on any atom is -0.465 e. The van der Waals surface area contributed by atoms with Crippen LogP contribution in [0.4, 0.5) is 23.8 Å². The summed E-state index contributed by atoms with van der Waals surface area (Å²) in [5.41, 5.74) is 0.851. The summed E-state index contributed by atoms with van der Waals surface area (Å²) in [5.74, 6) is 0.959. The topological polar surface area (TPSA) is 96.2 Å². The van der Waals surface area contributed by atoms with Crippen LogP contribution in [-0.2, 0) is 12.7 Å². The average Bonchev–Trinajstić information content (AvgIpc) is 3.32. The Morgan fingerprint density at radius 2 is 2.00 bits per heavy atom. The van der Waals surface area contributed by atoms with Crippen LogP contribution in [0.5, 0.6) is 0 Å². The Labute approximate surface area is 169 Å². The number of nitrogens with one attached hydrogen (secondary N) is 1. The van der Waals surface area contributed by atoms with Gasteiger partial charge in [0.05, 0.1) is 5.56 Å². The highest BCUT2D eigenvalue weighted by Crippen LogP contribution is 2.32. The summed E-state index contributed by atoms with van der Waals surface area (Å²) in [4.78, 5) is 25.6. The fourth-order valence-electron chi connectivity index (χ4n) is 3.62. The van der Waals surface area contributed by atoms with Gasteiger partial charge in [-0.3, -0.25) is 0 Å². The van der Waals surface area contributed by atoms with Crippen molar-refractivity contribution in [2.24, 2.45) is 0 Å². The number of carboxylic acid groups (broad SMARTS) is 1. The highest BCUT2D eigenvalue weighted by Gasteiger charge is 2.30. The van der Waals surface area contributed by atoms with Crippen molar-refractivity contribution in [3.8, 4) is 11.4 Å². The summed E-state index contributed by atoms with van der Waals surface area (Å²) in [6.07, 6.45) is -3.35. The van der Waals surface area contributed by atoms with Gasteiger partial charge in [0.2, 0.25) is 0 Å². The molecule has 1 aromatic carbocycles. The van der Waals surface area contributed by atoms with E-state index in [1.807, 2.05) is 11.5 Å². The summed E-state index contributed by atoms with van der Waals surface area (Å²) in [7, 11) is 0. The molecule has 0 unspecified atom stereocenters. The van der Waals surface area contributed by atoms with Gasteiger partial charge in [-0.1, -0.05) is 12.1 Å². The van der Waals surface area contributed by atoms with E-state index in [2.05, 4.69) is 20.3 Å². The number of amides is 1. The van der Waals surface area contributed by atoms with Crippen LogP contribution in [0.1, 0.15) is 18.9 Å². The molecule has 1 amide bonds. The highest BCUT2D eigenvalue weighted by atomic mass is 19.4. The van der Waals surface area contributed by atoms with Gasteiger partial charge in [0.15, 0.2) is 17.0 Å². The lowest BCUT2D eigenvalue weighted by Crippen LogP contribution is -2.30. The maximum absolute atomic E-state index is 12.9. The van der Waals surface area contributed by atoms with Crippen molar-refractivity contribution in [2.75, 3.05) is 18.4 Å². The zero-order chi connectivity index (χ0) is 21.5. The first-order chi connectivity index (χ1) is 14.3. The highest BCUT2D eigenvalue weighted by molar-refractivity contribution is 5.86. The standard InChI is InChI=1S/C19H19F3N6O2/c1-2-28-16(11-3-5-12(6-4-11)19(20,21)22)26-14-15(23-10-24-17(14)28)25-13-7-8-27(9-13)18(29)30/h3-6,10,13H,2,7-9H2,1H3,(H,29,30)(H,23,24,25)/t13-/m0/s1. The van der Waals surface area contributed by atoms with E-state index in [1.165, 1.54) is 23.4 Å². The number of anilines is 1. The third-order valence-electron chi connectivity index (χ3n) is 5.12. The lowest BCUT2D eigenvalue weighted by Gasteiger charge is -2.14. The molecule has 0 aliphatic carbocycles. The van der Waals surface area contributed by atoms with Crippen molar-refractivity contribution in [3.63, 3.8) is 0 Å². The second-order valence-corrected chi connectivity index (χ2v) is 7.01. The van der Waals surface area contributed by atoms with Gasteiger partial charge in [0, 0.05) is 31.2 Å². The van der Waals surface area contributed by atoms with E-state index in [0.717, 1.165) is 12.1 Å². The maximum atomic E-state index is 12.9. The number of benzene rings is 1. The summed E-state index contributed by atoms with van der Waals surface area (Å²) in [6.45, 7) is 3.17. The fraction of sp³-hybridized carbons (Fsp3) is 0.368. The van der Waals surface area contributed by atoms with E-state index in [1.54, 1.807) is 0 Å². The fourth-order valence-corrected chi connectivity index (χ4v) is 3.62. The molecule has 11 heteroatoms. The van der Waals surface area contributed by atoms with E-state index >= 15 is 0 Å². The zero-order valence-electron chi connectivity index (χ0n) is 16.0. The summed E-state index contributed by atoms with van der Waals surface area (Å²) in [6, 6.07) is 4.72. The second-order valence-electron chi connectivity index (χ2n) is 7.01. The van der Waals surface area contributed by atoms with Crippen molar-refractivity contribution in [2.45, 2.75) is 32.1 Å². The minimum absolute atomic E-state index is 0.111. The molecule has 0 radical (unpaired) electrons. The van der Waals surface area contributed by atoms with Gasteiger partial charge in [0.1, 0.15) is 12.2 Å². The third-order valence-corrected chi connectivity index (χ3v) is 5.12. The number of fused-ring (bicyclic) bond motifs is 1. The van der Waals surface area contributed by atoms with Crippen LogP contribution < -0.4 is 5.32 Å². The molecular weight excluding hydrogens is 401 g/mol. The molecule has 1 atom stereocenters. The molecule has 1 fully saturated rings. The first-order valence-electron chi connectivity index (χ1n) is 9.41. The van der Waals surface area contributed by atoms with Gasteiger partial charge < -0.3 is 19.9 Å². The van der Waals surface area contributed by atoms with Crippen LogP contribution in [-0.4, -0.2) is 54.8 Å². The van der Waals surface area contributed by atoms with Crippen molar-refractivity contribution >= 4 is 23.1 Å². The van der Waals surface area contributed by atoms with Crippen LogP contribution in [0.15, 0.2) is 30.6 Å². The molecule has 3 aromatic rings. The number of hydrogen-bond acceptors (Lipinski definition) is 5. The summed E-state index contributed by atoms with van der Waals surface area (Å²) < 4.78 is 40.4. The van der Waals surface area contributed by atoms with Gasteiger partial charge in [0.25, 0.3) is 0 Å². The van der Waals surface area contributed by atoms with E-state index < -0.39 is 17.8 Å². The Kier molecular flexibility index (Phi) is 4.96. The van der Waals surface area contributed by atoms with E-state index in [9.17, 15) is 18.0 Å². The molecule has 0 saturated carbocycles. The maximum Gasteiger partial charge on any atom is 0.416 e. The van der Waals surface area contributed by atoms with Crippen LogP contribution in [0.3, 0.4) is 0 Å². The number of imidazole rings is 1. The number of halogens is 3. The van der Waals surface area contributed by atoms with Gasteiger partial charge in [-0.2, -0.15) is 13.2 Å². The molecular formula is C19H19F3N6O2. The number of nitrogens with zero attached hydrogens (tertiary/aromatic N) is 5. The first-order valence-corrected chi connectivity index (χ1v) is 9.41. The number of hydrogen-bond donors (Lipinski definition) is 2. The van der Waals surface area contributed by atoms with Crippen LogP contribution in [0.2, 0.25) is 0 Å². The monoisotopic (exact) mass is 420 g/mol. The van der Waals surface area contributed by atoms with Gasteiger partial charge in [-0.05, 0) is 25.5 Å². The summed E-state index contributed by atoms with van der Waals surface area (Å²) in [5, 5.41) is 12.4. The molecule has 30 heavy (non-hydrogen) atoms. The van der Waals surface area contributed by atoms with E-state index in [-0.39, 0.29) is 6.04 Å². The molecule has 4 rings (SSSR count). The molecule has 1 aliphatic heterocycles. The number of aromatic nitrogens is 4. The second kappa shape index (κ2) is 7.47. The minimum atomic E-state index is -4.41. The predicted octanol–water partition coefficient (Wildman–Crippen LogP) is 3.70. The van der Waals surface area contributed by atoms with Gasteiger partial charge in [-0.15, -0.1) is 0 Å². The molecule has 0 bridgehead atoms. The smallest absolute Gasteiger partial charge is 0.416 e. The Hall–Kier alpha value is -3.37. The number of rotatable bonds is 4. The average molecular weight is 420 g/mol. The lowest BCUT2D eigenvalue weighted by atomic mass is 10.1. The Bertz CT molecular complexity index is 1080. The molecule has 8 nitrogen and oxygen atoms in total.